The van der Waals surface area contributed by atoms with Crippen molar-refractivity contribution in [2.75, 3.05) is 13.2 Å². The Morgan fingerprint density at radius 3 is 2.33 bits per heavy atom. The molecule has 0 aromatic heterocycles. The summed E-state index contributed by atoms with van der Waals surface area (Å²) in [5.41, 5.74) is 1.60. The van der Waals surface area contributed by atoms with Crippen LogP contribution in [0, 0.1) is 5.82 Å². The van der Waals surface area contributed by atoms with Crippen LogP contribution in [0.15, 0.2) is 78.4 Å². The quantitative estimate of drug-likeness (QED) is 0.239. The lowest BCUT2D eigenvalue weighted by atomic mass is 9.94. The molecule has 1 saturated heterocycles. The minimum absolute atomic E-state index is 0.0628. The molecule has 3 aromatic rings. The number of Topliss-reactive ketones (excluding diaryl/α,β-unsaturated/α-hetero) is 1. The first-order valence-electron chi connectivity index (χ1n) is 11.9. The Balaban J connectivity index is 1.86. The van der Waals surface area contributed by atoms with Crippen LogP contribution in [0.1, 0.15) is 43.0 Å². The molecule has 7 heteroatoms. The third-order valence-electron chi connectivity index (χ3n) is 5.90. The summed E-state index contributed by atoms with van der Waals surface area (Å²) >= 11 is 0. The maximum Gasteiger partial charge on any atom is 0.295 e. The van der Waals surface area contributed by atoms with Gasteiger partial charge in [0.2, 0.25) is 0 Å². The van der Waals surface area contributed by atoms with Gasteiger partial charge in [-0.05, 0) is 60.9 Å². The average Bonchev–Trinajstić information content (AvgIpc) is 3.13. The largest absolute Gasteiger partial charge is 0.507 e. The third kappa shape index (κ3) is 5.10. The van der Waals surface area contributed by atoms with E-state index in [2.05, 4.69) is 0 Å². The zero-order valence-corrected chi connectivity index (χ0v) is 20.2. The van der Waals surface area contributed by atoms with Crippen LogP contribution in [-0.4, -0.2) is 34.9 Å². The normalized spacial score (nSPS) is 16.9. The fourth-order valence-corrected chi connectivity index (χ4v) is 4.23. The summed E-state index contributed by atoms with van der Waals surface area (Å²) in [6.07, 6.45) is 0.822. The molecule has 1 N–H and O–H groups in total. The van der Waals surface area contributed by atoms with Crippen LogP contribution in [0.25, 0.3) is 5.76 Å². The number of amides is 1. The number of carbonyl (C=O) groups is 2. The Kier molecular flexibility index (Phi) is 7.68. The van der Waals surface area contributed by atoms with Gasteiger partial charge in [0.05, 0.1) is 24.8 Å². The zero-order valence-electron chi connectivity index (χ0n) is 20.2. The maximum absolute atomic E-state index is 13.5. The lowest BCUT2D eigenvalue weighted by molar-refractivity contribution is -0.140. The van der Waals surface area contributed by atoms with Gasteiger partial charge in [0, 0.05) is 12.1 Å². The number of aliphatic hydroxyl groups is 1. The topological polar surface area (TPSA) is 76.1 Å². The van der Waals surface area contributed by atoms with Crippen molar-refractivity contribution in [3.8, 4) is 11.5 Å². The van der Waals surface area contributed by atoms with Gasteiger partial charge in [-0.1, -0.05) is 43.3 Å². The van der Waals surface area contributed by atoms with E-state index >= 15 is 0 Å². The van der Waals surface area contributed by atoms with Crippen LogP contribution in [0.2, 0.25) is 0 Å². The molecule has 6 nitrogen and oxygen atoms in total. The molecule has 0 bridgehead atoms. The smallest absolute Gasteiger partial charge is 0.295 e. The molecule has 0 radical (unpaired) electrons. The van der Waals surface area contributed by atoms with E-state index in [-0.39, 0.29) is 23.4 Å². The second-order valence-electron chi connectivity index (χ2n) is 8.41. The molecule has 1 amide bonds. The molecule has 1 atom stereocenters. The first-order chi connectivity index (χ1) is 17.4. The van der Waals surface area contributed by atoms with E-state index < -0.39 is 23.5 Å². The minimum atomic E-state index is -0.880. The van der Waals surface area contributed by atoms with Gasteiger partial charge in [-0.15, -0.1) is 0 Å². The number of likely N-dealkylation sites (tertiary alicyclic amines) is 1. The summed E-state index contributed by atoms with van der Waals surface area (Å²) < 4.78 is 25.1. The summed E-state index contributed by atoms with van der Waals surface area (Å²) in [5.74, 6) is -1.33. The number of rotatable bonds is 9. The molecule has 1 unspecified atom stereocenters. The summed E-state index contributed by atoms with van der Waals surface area (Å²) in [5, 5.41) is 11.2. The Hall–Kier alpha value is -4.13. The molecule has 0 saturated carbocycles. The molecule has 0 spiro atoms. The van der Waals surface area contributed by atoms with Crippen molar-refractivity contribution in [1.29, 1.82) is 0 Å². The number of carbonyl (C=O) groups excluding carboxylic acids is 2. The van der Waals surface area contributed by atoms with Gasteiger partial charge in [0.15, 0.2) is 11.5 Å². The molecule has 36 heavy (non-hydrogen) atoms. The Bertz CT molecular complexity index is 1270. The molecule has 186 valence electrons. The third-order valence-corrected chi connectivity index (χ3v) is 5.90. The molecular weight excluding hydrogens is 461 g/mol. The fourth-order valence-electron chi connectivity index (χ4n) is 4.23. The lowest BCUT2D eigenvalue weighted by Crippen LogP contribution is -2.29. The standard InChI is InChI=1S/C29H28FNO5/c1-3-16-36-23-15-12-21(17-24(23)35-4-2)26-25(27(32)20-10-13-22(30)14-11-20)28(33)29(34)31(26)18-19-8-6-5-7-9-19/h5-15,17,26,32H,3-4,16,18H2,1-2H3. The number of ketones is 1. The van der Waals surface area contributed by atoms with E-state index in [4.69, 9.17) is 9.47 Å². The van der Waals surface area contributed by atoms with Crippen molar-refractivity contribution in [3.05, 3.63) is 101 Å². The second-order valence-corrected chi connectivity index (χ2v) is 8.41. The van der Waals surface area contributed by atoms with Gasteiger partial charge in [-0.25, -0.2) is 4.39 Å². The average molecular weight is 490 g/mol. The Morgan fingerprint density at radius 1 is 0.944 bits per heavy atom. The van der Waals surface area contributed by atoms with Crippen LogP contribution in [0.5, 0.6) is 11.5 Å². The summed E-state index contributed by atoms with van der Waals surface area (Å²) in [6, 6.07) is 18.8. The molecule has 1 aliphatic heterocycles. The van der Waals surface area contributed by atoms with Crippen LogP contribution in [-0.2, 0) is 16.1 Å². The highest BCUT2D eigenvalue weighted by Gasteiger charge is 2.46. The van der Waals surface area contributed by atoms with E-state index in [0.29, 0.717) is 30.3 Å². The zero-order chi connectivity index (χ0) is 25.7. The number of ether oxygens (including phenoxy) is 2. The highest BCUT2D eigenvalue weighted by atomic mass is 19.1. The molecule has 1 aliphatic rings. The van der Waals surface area contributed by atoms with E-state index in [1.54, 1.807) is 18.2 Å². The van der Waals surface area contributed by atoms with E-state index in [1.807, 2.05) is 44.2 Å². The first-order valence-corrected chi connectivity index (χ1v) is 11.9. The molecule has 1 fully saturated rings. The molecule has 3 aromatic carbocycles. The van der Waals surface area contributed by atoms with Gasteiger partial charge in [0.1, 0.15) is 11.6 Å². The molecule has 1 heterocycles. The highest BCUT2D eigenvalue weighted by molar-refractivity contribution is 6.46. The SMILES string of the molecule is CCCOc1ccc(C2C(=C(O)c3ccc(F)cc3)C(=O)C(=O)N2Cc2ccccc2)cc1OCC. The fraction of sp³-hybridized carbons (Fsp3) is 0.241. The summed E-state index contributed by atoms with van der Waals surface area (Å²) in [4.78, 5) is 27.9. The highest BCUT2D eigenvalue weighted by Crippen LogP contribution is 2.42. The number of benzene rings is 3. The van der Waals surface area contributed by atoms with E-state index in [0.717, 1.165) is 12.0 Å². The second kappa shape index (κ2) is 11.1. The number of hydrogen-bond donors (Lipinski definition) is 1. The number of nitrogens with zero attached hydrogens (tertiary/aromatic N) is 1. The summed E-state index contributed by atoms with van der Waals surface area (Å²) in [6.45, 7) is 4.92. The van der Waals surface area contributed by atoms with Gasteiger partial charge in [-0.2, -0.15) is 0 Å². The van der Waals surface area contributed by atoms with Crippen molar-refractivity contribution in [1.82, 2.24) is 4.90 Å². The first kappa shape index (κ1) is 25.0. The lowest BCUT2D eigenvalue weighted by Gasteiger charge is -2.26. The predicted octanol–water partition coefficient (Wildman–Crippen LogP) is 5.64. The van der Waals surface area contributed by atoms with Crippen LogP contribution in [0.3, 0.4) is 0 Å². The van der Waals surface area contributed by atoms with E-state index in [1.165, 1.54) is 29.2 Å². The minimum Gasteiger partial charge on any atom is -0.507 e. The molecular formula is C29H28FNO5. The van der Waals surface area contributed by atoms with Crippen molar-refractivity contribution >= 4 is 17.4 Å². The predicted molar refractivity (Wildman–Crippen MR) is 134 cm³/mol. The number of aliphatic hydroxyl groups excluding tert-OH is 1. The van der Waals surface area contributed by atoms with Gasteiger partial charge >= 0.3 is 0 Å². The Labute approximate surface area is 209 Å². The monoisotopic (exact) mass is 489 g/mol. The van der Waals surface area contributed by atoms with Gasteiger partial charge in [-0.3, -0.25) is 9.59 Å². The maximum atomic E-state index is 13.5. The van der Waals surface area contributed by atoms with E-state index in [9.17, 15) is 19.1 Å². The molecule has 4 rings (SSSR count). The van der Waals surface area contributed by atoms with Crippen molar-refractivity contribution < 1.29 is 28.6 Å². The van der Waals surface area contributed by atoms with Crippen LogP contribution in [0.4, 0.5) is 4.39 Å². The molecule has 0 aliphatic carbocycles. The van der Waals surface area contributed by atoms with Crippen LogP contribution < -0.4 is 9.47 Å². The summed E-state index contributed by atoms with van der Waals surface area (Å²) in [7, 11) is 0. The Morgan fingerprint density at radius 2 is 1.67 bits per heavy atom. The van der Waals surface area contributed by atoms with Gasteiger partial charge < -0.3 is 19.5 Å². The number of halogens is 1. The number of hydrogen-bond acceptors (Lipinski definition) is 5. The van der Waals surface area contributed by atoms with Crippen molar-refractivity contribution in [2.24, 2.45) is 0 Å². The van der Waals surface area contributed by atoms with Crippen molar-refractivity contribution in [2.45, 2.75) is 32.9 Å². The van der Waals surface area contributed by atoms with Crippen molar-refractivity contribution in [3.63, 3.8) is 0 Å². The van der Waals surface area contributed by atoms with Gasteiger partial charge in [0.25, 0.3) is 11.7 Å². The van der Waals surface area contributed by atoms with Crippen LogP contribution >= 0.6 is 0 Å².